The lowest BCUT2D eigenvalue weighted by molar-refractivity contribution is -0.108. The van der Waals surface area contributed by atoms with Crippen molar-refractivity contribution in [2.45, 2.75) is 12.5 Å². The summed E-state index contributed by atoms with van der Waals surface area (Å²) < 4.78 is 8.09. The summed E-state index contributed by atoms with van der Waals surface area (Å²) in [6.45, 7) is 0. The number of halogens is 1. The van der Waals surface area contributed by atoms with Crippen molar-refractivity contribution in [2.75, 3.05) is 4.90 Å². The highest BCUT2D eigenvalue weighted by molar-refractivity contribution is 7.13. The molecule has 1 amide bonds. The van der Waals surface area contributed by atoms with Gasteiger partial charge in [0.15, 0.2) is 0 Å². The number of anilines is 1. The predicted molar refractivity (Wildman–Crippen MR) is 150 cm³/mol. The number of fused-ring (bicyclic) bond motifs is 1. The molecular weight excluding hydrogens is 518 g/mol. The normalized spacial score (nSPS) is 12.1. The number of nitrogens with zero attached hydrogens (tertiary/aromatic N) is 5. The van der Waals surface area contributed by atoms with E-state index in [2.05, 4.69) is 34.2 Å². The second kappa shape index (κ2) is 10.2. The van der Waals surface area contributed by atoms with Gasteiger partial charge >= 0.3 is 0 Å². The van der Waals surface area contributed by atoms with Crippen LogP contribution in [0.1, 0.15) is 17.6 Å². The molecule has 188 valence electrons. The van der Waals surface area contributed by atoms with Gasteiger partial charge in [0, 0.05) is 59.0 Å². The molecule has 6 aromatic rings. The second-order valence-corrected chi connectivity index (χ2v) is 10.1. The largest absolute Gasteiger partial charge is 0.440 e. The first-order chi connectivity index (χ1) is 18.6. The number of benzene rings is 2. The quantitative estimate of drug-likeness (QED) is 0.195. The van der Waals surface area contributed by atoms with Gasteiger partial charge in [0.1, 0.15) is 22.5 Å². The number of amides is 1. The van der Waals surface area contributed by atoms with Crippen LogP contribution >= 0.6 is 22.9 Å². The van der Waals surface area contributed by atoms with E-state index in [1.807, 2.05) is 53.5 Å². The molecule has 4 heterocycles. The van der Waals surface area contributed by atoms with Gasteiger partial charge in [0.2, 0.25) is 12.3 Å². The minimum atomic E-state index is -0.466. The molecule has 38 heavy (non-hydrogen) atoms. The average Bonchev–Trinajstić information content (AvgIpc) is 3.69. The highest BCUT2D eigenvalue weighted by Crippen LogP contribution is 2.35. The fourth-order valence-electron chi connectivity index (χ4n) is 4.59. The van der Waals surface area contributed by atoms with Crippen LogP contribution in [0.15, 0.2) is 95.1 Å². The van der Waals surface area contributed by atoms with Crippen molar-refractivity contribution < 1.29 is 9.21 Å². The minimum absolute atomic E-state index is 0.413. The Morgan fingerprint density at radius 2 is 1.87 bits per heavy atom. The molecule has 0 N–H and O–H groups in total. The lowest BCUT2D eigenvalue weighted by atomic mass is 10.1. The van der Waals surface area contributed by atoms with E-state index in [-0.39, 0.29) is 0 Å². The highest BCUT2D eigenvalue weighted by atomic mass is 35.5. The van der Waals surface area contributed by atoms with Gasteiger partial charge in [0.25, 0.3) is 0 Å². The van der Waals surface area contributed by atoms with Crippen LogP contribution in [0.25, 0.3) is 32.8 Å². The molecule has 1 atom stereocenters. The molecule has 4 aromatic heterocycles. The number of hydrogen-bond acceptors (Lipinski definition) is 6. The van der Waals surface area contributed by atoms with E-state index in [0.717, 1.165) is 39.3 Å². The van der Waals surface area contributed by atoms with Gasteiger partial charge in [-0.25, -0.2) is 9.97 Å². The van der Waals surface area contributed by atoms with Gasteiger partial charge in [0.05, 0.1) is 11.9 Å². The number of furan rings is 1. The fraction of sp³-hybridized carbons (Fsp3) is 0.103. The van der Waals surface area contributed by atoms with E-state index in [1.165, 1.54) is 0 Å². The average molecular weight is 540 g/mol. The Balaban J connectivity index is 1.40. The number of carbonyl (C=O) groups is 1. The monoisotopic (exact) mass is 539 g/mol. The SMILES string of the molecule is Cn1c(-c2ccc(-c3nccs3)cc2)cnc1[C@H](Cc1ccccn1)N(C=O)c1cc2cc(Cl)ccc2o1. The topological polar surface area (TPSA) is 77.1 Å². The summed E-state index contributed by atoms with van der Waals surface area (Å²) in [6, 6.07) is 20.7. The lowest BCUT2D eigenvalue weighted by Gasteiger charge is -2.26. The molecule has 0 radical (unpaired) electrons. The maximum Gasteiger partial charge on any atom is 0.217 e. The van der Waals surface area contributed by atoms with Crippen molar-refractivity contribution in [3.05, 3.63) is 107 Å². The Hall–Kier alpha value is -4.27. The first-order valence-electron chi connectivity index (χ1n) is 12.0. The third-order valence-corrected chi connectivity index (χ3v) is 7.54. The summed E-state index contributed by atoms with van der Waals surface area (Å²) >= 11 is 7.78. The number of rotatable bonds is 8. The maximum atomic E-state index is 12.6. The number of carbonyl (C=O) groups excluding carboxylic acids is 1. The van der Waals surface area contributed by atoms with Crippen molar-refractivity contribution in [3.63, 3.8) is 0 Å². The van der Waals surface area contributed by atoms with E-state index in [4.69, 9.17) is 21.0 Å². The summed E-state index contributed by atoms with van der Waals surface area (Å²) in [4.78, 5) is 27.8. The van der Waals surface area contributed by atoms with Crippen molar-refractivity contribution in [1.82, 2.24) is 19.5 Å². The maximum absolute atomic E-state index is 12.6. The molecule has 0 fully saturated rings. The molecule has 0 aliphatic heterocycles. The third-order valence-electron chi connectivity index (χ3n) is 6.48. The molecule has 0 aliphatic rings. The molecule has 0 saturated carbocycles. The van der Waals surface area contributed by atoms with Crippen molar-refractivity contribution >= 4 is 46.2 Å². The molecule has 2 aromatic carbocycles. The number of imidazole rings is 1. The first kappa shape index (κ1) is 24.1. The number of pyridine rings is 1. The number of aromatic nitrogens is 4. The summed E-state index contributed by atoms with van der Waals surface area (Å²) in [5.74, 6) is 1.12. The van der Waals surface area contributed by atoms with Gasteiger partial charge in [-0.05, 0) is 35.9 Å². The Morgan fingerprint density at radius 3 is 2.61 bits per heavy atom. The van der Waals surface area contributed by atoms with Crippen LogP contribution in [0.5, 0.6) is 0 Å². The molecule has 0 saturated heterocycles. The molecule has 0 aliphatic carbocycles. The second-order valence-electron chi connectivity index (χ2n) is 8.80. The predicted octanol–water partition coefficient (Wildman–Crippen LogP) is 6.95. The fourth-order valence-corrected chi connectivity index (χ4v) is 5.41. The molecule has 7 nitrogen and oxygen atoms in total. The molecule has 6 rings (SSSR count). The van der Waals surface area contributed by atoms with Gasteiger partial charge in [-0.1, -0.05) is 41.9 Å². The van der Waals surface area contributed by atoms with Crippen LogP contribution < -0.4 is 4.90 Å². The number of hydrogen-bond donors (Lipinski definition) is 0. The third kappa shape index (κ3) is 4.60. The molecule has 0 spiro atoms. The van der Waals surface area contributed by atoms with Crippen molar-refractivity contribution in [3.8, 4) is 21.8 Å². The Bertz CT molecular complexity index is 1690. The number of thiazole rings is 1. The summed E-state index contributed by atoms with van der Waals surface area (Å²) in [5, 5.41) is 4.36. The summed E-state index contributed by atoms with van der Waals surface area (Å²) in [5.41, 5.74) is 4.49. The van der Waals surface area contributed by atoms with E-state index < -0.39 is 6.04 Å². The van der Waals surface area contributed by atoms with Crippen LogP contribution in [0.3, 0.4) is 0 Å². The van der Waals surface area contributed by atoms with Gasteiger partial charge < -0.3 is 8.98 Å². The van der Waals surface area contributed by atoms with Crippen LogP contribution in [0, 0.1) is 0 Å². The molecule has 0 bridgehead atoms. The standard InChI is InChI=1S/C29H22ClN5O2S/c1-34-25(19-5-7-20(8-6-19)29-32-12-13-38-29)17-33-28(34)24(16-23-4-2-3-11-31-23)35(18-36)27-15-21-14-22(30)9-10-26(21)37-27/h2-15,17-18,24H,16H2,1H3/t24-/m0/s1. The zero-order valence-corrected chi connectivity index (χ0v) is 21.9. The van der Waals surface area contributed by atoms with E-state index >= 15 is 0 Å². The molecule has 0 unspecified atom stereocenters. The van der Waals surface area contributed by atoms with Gasteiger partial charge in [-0.3, -0.25) is 14.7 Å². The van der Waals surface area contributed by atoms with E-state index in [0.29, 0.717) is 28.7 Å². The highest BCUT2D eigenvalue weighted by Gasteiger charge is 2.29. The van der Waals surface area contributed by atoms with Gasteiger partial charge in [-0.15, -0.1) is 11.3 Å². The lowest BCUT2D eigenvalue weighted by Crippen LogP contribution is -2.31. The van der Waals surface area contributed by atoms with Crippen molar-refractivity contribution in [1.29, 1.82) is 0 Å². The summed E-state index contributed by atoms with van der Waals surface area (Å²) in [6.07, 6.45) is 6.61. The molecular formula is C29H22ClN5O2S. The van der Waals surface area contributed by atoms with Crippen molar-refractivity contribution in [2.24, 2.45) is 7.05 Å². The van der Waals surface area contributed by atoms with Crippen LogP contribution in [-0.4, -0.2) is 25.9 Å². The first-order valence-corrected chi connectivity index (χ1v) is 13.2. The van der Waals surface area contributed by atoms with E-state index in [9.17, 15) is 4.79 Å². The zero-order chi connectivity index (χ0) is 26.1. The van der Waals surface area contributed by atoms with Crippen LogP contribution in [-0.2, 0) is 18.3 Å². The zero-order valence-electron chi connectivity index (χ0n) is 20.4. The van der Waals surface area contributed by atoms with Crippen LogP contribution in [0.4, 0.5) is 5.88 Å². The smallest absolute Gasteiger partial charge is 0.217 e. The van der Waals surface area contributed by atoms with Crippen LogP contribution in [0.2, 0.25) is 5.02 Å². The van der Waals surface area contributed by atoms with E-state index in [1.54, 1.807) is 40.8 Å². The molecule has 9 heteroatoms. The Morgan fingerprint density at radius 1 is 1.03 bits per heavy atom. The Kier molecular flexibility index (Phi) is 6.49. The van der Waals surface area contributed by atoms with Gasteiger partial charge in [-0.2, -0.15) is 0 Å². The Labute approximate surface area is 228 Å². The summed E-state index contributed by atoms with van der Waals surface area (Å²) in [7, 11) is 1.96. The minimum Gasteiger partial charge on any atom is -0.440 e.